The third-order valence-corrected chi connectivity index (χ3v) is 4.14. The molecule has 1 atom stereocenters. The fourth-order valence-electron chi connectivity index (χ4n) is 2.65. The zero-order valence-corrected chi connectivity index (χ0v) is 17.8. The van der Waals surface area contributed by atoms with Crippen LogP contribution in [0, 0.1) is 0 Å². The molecule has 1 saturated heterocycles. The van der Waals surface area contributed by atoms with Crippen molar-refractivity contribution >= 4 is 29.9 Å². The van der Waals surface area contributed by atoms with Gasteiger partial charge in [0, 0.05) is 26.7 Å². The van der Waals surface area contributed by atoms with Gasteiger partial charge in [-0.25, -0.2) is 0 Å². The maximum Gasteiger partial charge on any atom is 0.191 e. The average molecular weight is 461 g/mol. The second-order valence-corrected chi connectivity index (χ2v) is 6.11. The van der Waals surface area contributed by atoms with E-state index in [9.17, 15) is 0 Å². The zero-order chi connectivity index (χ0) is 17.0. The molecule has 6 heteroatoms. The van der Waals surface area contributed by atoms with Crippen molar-refractivity contribution in [3.63, 3.8) is 0 Å². The lowest BCUT2D eigenvalue weighted by Crippen LogP contribution is -2.41. The maximum absolute atomic E-state index is 5.69. The number of benzene rings is 1. The lowest BCUT2D eigenvalue weighted by atomic mass is 10.1. The van der Waals surface area contributed by atoms with Crippen LogP contribution in [-0.4, -0.2) is 45.4 Å². The molecule has 1 heterocycles. The number of rotatable bonds is 9. The van der Waals surface area contributed by atoms with Gasteiger partial charge in [0.25, 0.3) is 0 Å². The van der Waals surface area contributed by atoms with Crippen LogP contribution in [0.3, 0.4) is 0 Å². The molecule has 0 saturated carbocycles. The molecule has 2 rings (SSSR count). The minimum atomic E-state index is 0. The van der Waals surface area contributed by atoms with Crippen molar-refractivity contribution < 1.29 is 9.47 Å². The Balaban J connectivity index is 0.00000312. The molecule has 0 aliphatic carbocycles. The summed E-state index contributed by atoms with van der Waals surface area (Å²) in [5, 5.41) is 6.68. The number of hydrogen-bond acceptors (Lipinski definition) is 3. The van der Waals surface area contributed by atoms with Gasteiger partial charge >= 0.3 is 0 Å². The van der Waals surface area contributed by atoms with E-state index in [-0.39, 0.29) is 24.0 Å². The van der Waals surface area contributed by atoms with E-state index < -0.39 is 0 Å². The number of halogens is 1. The molecule has 1 aliphatic rings. The highest BCUT2D eigenvalue weighted by Crippen LogP contribution is 2.13. The number of nitrogens with zero attached hydrogens (tertiary/aromatic N) is 1. The number of guanidine groups is 1. The highest BCUT2D eigenvalue weighted by Gasteiger charge is 2.15. The number of hydrogen-bond donors (Lipinski definition) is 2. The number of nitrogens with one attached hydrogen (secondary N) is 2. The van der Waals surface area contributed by atoms with E-state index in [2.05, 4.69) is 46.8 Å². The van der Waals surface area contributed by atoms with Crippen LogP contribution in [0.5, 0.6) is 5.75 Å². The Hall–Kier alpha value is -1.02. The highest BCUT2D eigenvalue weighted by molar-refractivity contribution is 14.0. The third kappa shape index (κ3) is 8.76. The van der Waals surface area contributed by atoms with Gasteiger partial charge in [0.1, 0.15) is 5.75 Å². The summed E-state index contributed by atoms with van der Waals surface area (Å²) in [4.78, 5) is 4.25. The van der Waals surface area contributed by atoms with Gasteiger partial charge in [0.15, 0.2) is 5.96 Å². The summed E-state index contributed by atoms with van der Waals surface area (Å²) in [6.07, 6.45) is 5.84. The van der Waals surface area contributed by atoms with Gasteiger partial charge in [-0.2, -0.15) is 0 Å². The molecule has 142 valence electrons. The first kappa shape index (κ1) is 22.0. The number of aliphatic imine (C=N–C) groups is 1. The van der Waals surface area contributed by atoms with Crippen molar-refractivity contribution in [2.24, 2.45) is 4.99 Å². The van der Waals surface area contributed by atoms with E-state index >= 15 is 0 Å². The Morgan fingerprint density at radius 3 is 2.72 bits per heavy atom. The average Bonchev–Trinajstić information content (AvgIpc) is 3.13. The van der Waals surface area contributed by atoms with Gasteiger partial charge in [-0.1, -0.05) is 25.5 Å². The van der Waals surface area contributed by atoms with Crippen LogP contribution in [0.4, 0.5) is 0 Å². The molecule has 1 unspecified atom stereocenters. The van der Waals surface area contributed by atoms with Crippen LogP contribution in [0.25, 0.3) is 0 Å². The van der Waals surface area contributed by atoms with E-state index in [1.807, 2.05) is 0 Å². The highest BCUT2D eigenvalue weighted by atomic mass is 127. The molecule has 0 spiro atoms. The first-order valence-corrected chi connectivity index (χ1v) is 9.09. The molecule has 0 aromatic heterocycles. The molecule has 1 aromatic carbocycles. The molecule has 0 amide bonds. The summed E-state index contributed by atoms with van der Waals surface area (Å²) in [5.74, 6) is 1.79. The van der Waals surface area contributed by atoms with E-state index in [4.69, 9.17) is 9.47 Å². The van der Waals surface area contributed by atoms with Gasteiger partial charge in [-0.15, -0.1) is 24.0 Å². The van der Waals surface area contributed by atoms with Crippen molar-refractivity contribution in [3.05, 3.63) is 29.8 Å². The fourth-order valence-corrected chi connectivity index (χ4v) is 2.65. The van der Waals surface area contributed by atoms with E-state index in [0.29, 0.717) is 6.10 Å². The van der Waals surface area contributed by atoms with Gasteiger partial charge in [-0.05, 0) is 43.4 Å². The van der Waals surface area contributed by atoms with Crippen molar-refractivity contribution in [3.8, 4) is 5.75 Å². The van der Waals surface area contributed by atoms with Gasteiger partial charge in [0.05, 0.1) is 12.7 Å². The molecule has 0 bridgehead atoms. The maximum atomic E-state index is 5.69. The first-order valence-electron chi connectivity index (χ1n) is 9.09. The van der Waals surface area contributed by atoms with Crippen LogP contribution in [0.1, 0.15) is 38.2 Å². The summed E-state index contributed by atoms with van der Waals surface area (Å²) in [6.45, 7) is 5.52. The molecule has 0 radical (unpaired) electrons. The van der Waals surface area contributed by atoms with Crippen molar-refractivity contribution in [1.82, 2.24) is 10.6 Å². The van der Waals surface area contributed by atoms with Crippen molar-refractivity contribution in [1.29, 1.82) is 0 Å². The van der Waals surface area contributed by atoms with Gasteiger partial charge in [-0.3, -0.25) is 4.99 Å². The molecule has 2 N–H and O–H groups in total. The van der Waals surface area contributed by atoms with Crippen LogP contribution < -0.4 is 15.4 Å². The van der Waals surface area contributed by atoms with Gasteiger partial charge < -0.3 is 20.1 Å². The topological polar surface area (TPSA) is 54.9 Å². The van der Waals surface area contributed by atoms with E-state index in [1.165, 1.54) is 5.56 Å². The minimum absolute atomic E-state index is 0. The van der Waals surface area contributed by atoms with Crippen molar-refractivity contribution in [2.75, 3.05) is 33.4 Å². The zero-order valence-electron chi connectivity index (χ0n) is 15.4. The Bertz CT molecular complexity index is 488. The minimum Gasteiger partial charge on any atom is -0.494 e. The number of unbranched alkanes of at least 4 members (excludes halogenated alkanes) is 1. The second kappa shape index (κ2) is 13.2. The summed E-state index contributed by atoms with van der Waals surface area (Å²) < 4.78 is 11.3. The molecular weight excluding hydrogens is 429 g/mol. The molecule has 25 heavy (non-hydrogen) atoms. The summed E-state index contributed by atoms with van der Waals surface area (Å²) in [7, 11) is 1.80. The number of ether oxygens (including phenoxy) is 2. The molecular formula is C19H32IN3O2. The third-order valence-electron chi connectivity index (χ3n) is 4.14. The largest absolute Gasteiger partial charge is 0.494 e. The smallest absolute Gasteiger partial charge is 0.191 e. The van der Waals surface area contributed by atoms with Crippen LogP contribution in [0.2, 0.25) is 0 Å². The molecule has 1 aliphatic heterocycles. The predicted molar refractivity (Wildman–Crippen MR) is 114 cm³/mol. The first-order chi connectivity index (χ1) is 11.8. The van der Waals surface area contributed by atoms with Crippen LogP contribution >= 0.6 is 24.0 Å². The van der Waals surface area contributed by atoms with E-state index in [0.717, 1.165) is 70.1 Å². The Morgan fingerprint density at radius 2 is 2.08 bits per heavy atom. The SMILES string of the molecule is CCCCOc1ccc(CCNC(=NC)NCC2CCCO2)cc1.I. The van der Waals surface area contributed by atoms with Crippen LogP contribution in [-0.2, 0) is 11.2 Å². The fraction of sp³-hybridized carbons (Fsp3) is 0.632. The summed E-state index contributed by atoms with van der Waals surface area (Å²) in [6, 6.07) is 8.36. The van der Waals surface area contributed by atoms with E-state index in [1.54, 1.807) is 7.05 Å². The van der Waals surface area contributed by atoms with Crippen molar-refractivity contribution in [2.45, 2.75) is 45.1 Å². The quantitative estimate of drug-likeness (QED) is 0.256. The molecule has 5 nitrogen and oxygen atoms in total. The lowest BCUT2D eigenvalue weighted by molar-refractivity contribution is 0.114. The monoisotopic (exact) mass is 461 g/mol. The normalized spacial score (nSPS) is 17.0. The Morgan fingerprint density at radius 1 is 1.28 bits per heavy atom. The summed E-state index contributed by atoms with van der Waals surface area (Å²) >= 11 is 0. The summed E-state index contributed by atoms with van der Waals surface area (Å²) in [5.41, 5.74) is 1.29. The standard InChI is InChI=1S/C19H31N3O2.HI/c1-3-4-13-23-17-9-7-16(8-10-17)11-12-21-19(20-2)22-15-18-6-5-14-24-18;/h7-10,18H,3-6,11-15H2,1-2H3,(H2,20,21,22);1H. The van der Waals surface area contributed by atoms with Gasteiger partial charge in [0.2, 0.25) is 0 Å². The molecule has 1 aromatic rings. The Kier molecular flexibility index (Phi) is 11.6. The molecule has 1 fully saturated rings. The lowest BCUT2D eigenvalue weighted by Gasteiger charge is -2.15. The second-order valence-electron chi connectivity index (χ2n) is 6.11. The Labute approximate surface area is 169 Å². The van der Waals surface area contributed by atoms with Crippen LogP contribution in [0.15, 0.2) is 29.3 Å². The predicted octanol–water partition coefficient (Wildman–Crippen LogP) is 3.37.